The second-order valence-electron chi connectivity index (χ2n) is 4.58. The second kappa shape index (κ2) is 5.26. The molecule has 0 saturated heterocycles. The van der Waals surface area contributed by atoms with Crippen LogP contribution in [0.3, 0.4) is 0 Å². The van der Waals surface area contributed by atoms with Gasteiger partial charge in [0.15, 0.2) is 0 Å². The van der Waals surface area contributed by atoms with E-state index in [0.29, 0.717) is 27.1 Å². The van der Waals surface area contributed by atoms with E-state index in [1.54, 1.807) is 19.9 Å². The first-order chi connectivity index (χ1) is 9.20. The van der Waals surface area contributed by atoms with Gasteiger partial charge >= 0.3 is 6.18 Å². The van der Waals surface area contributed by atoms with Gasteiger partial charge in [-0.3, -0.25) is 0 Å². The Hall–Kier alpha value is -1.27. The summed E-state index contributed by atoms with van der Waals surface area (Å²) in [6.45, 7) is 3.51. The first-order valence-corrected chi connectivity index (χ1v) is 6.68. The molecule has 2 N–H and O–H groups in total. The molecule has 0 spiro atoms. The van der Waals surface area contributed by atoms with Crippen LogP contribution in [0.15, 0.2) is 33.2 Å². The molecule has 108 valence electrons. The summed E-state index contributed by atoms with van der Waals surface area (Å²) in [7, 11) is 0. The van der Waals surface area contributed by atoms with Crippen molar-refractivity contribution in [2.24, 2.45) is 5.73 Å². The van der Waals surface area contributed by atoms with Gasteiger partial charge in [-0.2, -0.15) is 13.2 Å². The summed E-state index contributed by atoms with van der Waals surface area (Å²) in [6.07, 6.45) is -4.39. The molecule has 0 radical (unpaired) electrons. The van der Waals surface area contributed by atoms with Crippen molar-refractivity contribution in [3.8, 4) is 0 Å². The van der Waals surface area contributed by atoms with E-state index in [4.69, 9.17) is 10.2 Å². The number of alkyl halides is 3. The van der Waals surface area contributed by atoms with Crippen molar-refractivity contribution in [2.75, 3.05) is 0 Å². The van der Waals surface area contributed by atoms with Gasteiger partial charge in [-0.1, -0.05) is 15.9 Å². The maximum absolute atomic E-state index is 12.8. The molecule has 0 aliphatic carbocycles. The summed E-state index contributed by atoms with van der Waals surface area (Å²) < 4.78 is 44.2. The lowest BCUT2D eigenvalue weighted by molar-refractivity contribution is -0.137. The molecule has 1 atom stereocenters. The Bertz CT molecular complexity index is 634. The molecule has 0 fully saturated rings. The minimum absolute atomic E-state index is 0.378. The third-order valence-electron chi connectivity index (χ3n) is 3.07. The Labute approximate surface area is 122 Å². The molecule has 0 amide bonds. The summed E-state index contributed by atoms with van der Waals surface area (Å²) >= 11 is 3.25. The van der Waals surface area contributed by atoms with Gasteiger partial charge in [0.2, 0.25) is 0 Å². The molecule has 0 bridgehead atoms. The lowest BCUT2D eigenvalue weighted by atomic mass is 9.98. The van der Waals surface area contributed by atoms with Crippen molar-refractivity contribution in [3.05, 3.63) is 56.9 Å². The Morgan fingerprint density at radius 2 is 1.80 bits per heavy atom. The van der Waals surface area contributed by atoms with Crippen molar-refractivity contribution in [2.45, 2.75) is 26.1 Å². The zero-order chi connectivity index (χ0) is 15.1. The number of halogens is 4. The van der Waals surface area contributed by atoms with Crippen molar-refractivity contribution in [3.63, 3.8) is 0 Å². The van der Waals surface area contributed by atoms with Gasteiger partial charge in [0, 0.05) is 10.0 Å². The largest absolute Gasteiger partial charge is 0.466 e. The van der Waals surface area contributed by atoms with Gasteiger partial charge in [0.1, 0.15) is 11.5 Å². The van der Waals surface area contributed by atoms with E-state index in [-0.39, 0.29) is 0 Å². The number of benzene rings is 1. The molecular formula is C14H13BrF3NO. The summed E-state index contributed by atoms with van der Waals surface area (Å²) in [5.74, 6) is 1.29. The van der Waals surface area contributed by atoms with Crippen LogP contribution < -0.4 is 5.73 Å². The predicted octanol–water partition coefficient (Wildman–Crippen LogP) is 4.73. The molecule has 6 heteroatoms. The minimum Gasteiger partial charge on any atom is -0.466 e. The molecule has 2 nitrogen and oxygen atoms in total. The standard InChI is InChI=1S/C14H13BrF3NO/c1-7-5-10(8(2)20-7)13(19)11-6-9(14(16,17)18)3-4-12(11)15/h3-6,13H,19H2,1-2H3. The minimum atomic E-state index is -4.39. The molecule has 0 aliphatic heterocycles. The average molecular weight is 348 g/mol. The van der Waals surface area contributed by atoms with E-state index in [0.717, 1.165) is 12.1 Å². The molecule has 1 unspecified atom stereocenters. The number of nitrogens with two attached hydrogens (primary N) is 1. The van der Waals surface area contributed by atoms with Crippen LogP contribution in [0.1, 0.15) is 34.3 Å². The van der Waals surface area contributed by atoms with Gasteiger partial charge in [0.05, 0.1) is 11.6 Å². The van der Waals surface area contributed by atoms with Crippen LogP contribution in [0.4, 0.5) is 13.2 Å². The molecule has 2 aromatic rings. The number of aryl methyl sites for hydroxylation is 2. The van der Waals surface area contributed by atoms with Crippen LogP contribution in [0.5, 0.6) is 0 Å². The van der Waals surface area contributed by atoms with E-state index >= 15 is 0 Å². The van der Waals surface area contributed by atoms with Gasteiger partial charge in [0.25, 0.3) is 0 Å². The van der Waals surface area contributed by atoms with Gasteiger partial charge < -0.3 is 10.2 Å². The van der Waals surface area contributed by atoms with Gasteiger partial charge in [-0.25, -0.2) is 0 Å². The third kappa shape index (κ3) is 2.91. The summed E-state index contributed by atoms with van der Waals surface area (Å²) in [6, 6.07) is 4.52. The Balaban J connectivity index is 2.49. The van der Waals surface area contributed by atoms with E-state index in [9.17, 15) is 13.2 Å². The quantitative estimate of drug-likeness (QED) is 0.853. The average Bonchev–Trinajstić information content (AvgIpc) is 2.66. The normalized spacial score (nSPS) is 13.6. The molecule has 0 aliphatic rings. The van der Waals surface area contributed by atoms with Crippen LogP contribution in [0.2, 0.25) is 0 Å². The lowest BCUT2D eigenvalue weighted by Crippen LogP contribution is -2.15. The number of hydrogen-bond donors (Lipinski definition) is 1. The summed E-state index contributed by atoms with van der Waals surface area (Å²) in [5, 5.41) is 0. The smallest absolute Gasteiger partial charge is 0.416 e. The summed E-state index contributed by atoms with van der Waals surface area (Å²) in [5.41, 5.74) is 6.43. The first-order valence-electron chi connectivity index (χ1n) is 5.89. The number of furan rings is 1. The monoisotopic (exact) mass is 347 g/mol. The van der Waals surface area contributed by atoms with Crippen LogP contribution in [-0.4, -0.2) is 0 Å². The SMILES string of the molecule is Cc1cc(C(N)c2cc(C(F)(F)F)ccc2Br)c(C)o1. The fourth-order valence-corrected chi connectivity index (χ4v) is 2.58. The van der Waals surface area contributed by atoms with E-state index in [1.165, 1.54) is 6.07 Å². The molecule has 2 rings (SSSR count). The highest BCUT2D eigenvalue weighted by Gasteiger charge is 2.31. The Morgan fingerprint density at radius 1 is 1.15 bits per heavy atom. The van der Waals surface area contributed by atoms with Gasteiger partial charge in [-0.05, 0) is 43.7 Å². The van der Waals surface area contributed by atoms with Crippen molar-refractivity contribution < 1.29 is 17.6 Å². The van der Waals surface area contributed by atoms with E-state index in [1.807, 2.05) is 0 Å². The number of rotatable bonds is 2. The third-order valence-corrected chi connectivity index (χ3v) is 3.79. The molecule has 1 heterocycles. The van der Waals surface area contributed by atoms with E-state index < -0.39 is 17.8 Å². The zero-order valence-electron chi connectivity index (χ0n) is 10.9. The molecule has 1 aromatic heterocycles. The number of hydrogen-bond acceptors (Lipinski definition) is 2. The van der Waals surface area contributed by atoms with Crippen molar-refractivity contribution in [1.82, 2.24) is 0 Å². The van der Waals surface area contributed by atoms with Crippen molar-refractivity contribution >= 4 is 15.9 Å². The highest BCUT2D eigenvalue weighted by molar-refractivity contribution is 9.10. The topological polar surface area (TPSA) is 39.2 Å². The maximum atomic E-state index is 12.8. The van der Waals surface area contributed by atoms with Crippen LogP contribution in [0.25, 0.3) is 0 Å². The highest BCUT2D eigenvalue weighted by Crippen LogP contribution is 2.36. The highest BCUT2D eigenvalue weighted by atomic mass is 79.9. The Morgan fingerprint density at radius 3 is 2.30 bits per heavy atom. The second-order valence-corrected chi connectivity index (χ2v) is 5.43. The predicted molar refractivity (Wildman–Crippen MR) is 73.4 cm³/mol. The Kier molecular flexibility index (Phi) is 3.97. The first kappa shape index (κ1) is 15.1. The van der Waals surface area contributed by atoms with Crippen LogP contribution >= 0.6 is 15.9 Å². The van der Waals surface area contributed by atoms with Crippen LogP contribution in [0, 0.1) is 13.8 Å². The molecule has 20 heavy (non-hydrogen) atoms. The van der Waals surface area contributed by atoms with Crippen LogP contribution in [-0.2, 0) is 6.18 Å². The molecule has 1 aromatic carbocycles. The fraction of sp³-hybridized carbons (Fsp3) is 0.286. The molecule has 0 saturated carbocycles. The van der Waals surface area contributed by atoms with E-state index in [2.05, 4.69) is 15.9 Å². The summed E-state index contributed by atoms with van der Waals surface area (Å²) in [4.78, 5) is 0. The van der Waals surface area contributed by atoms with Gasteiger partial charge in [-0.15, -0.1) is 0 Å². The lowest BCUT2D eigenvalue weighted by Gasteiger charge is -2.16. The fourth-order valence-electron chi connectivity index (χ4n) is 2.09. The zero-order valence-corrected chi connectivity index (χ0v) is 12.5. The maximum Gasteiger partial charge on any atom is 0.416 e. The molecular weight excluding hydrogens is 335 g/mol. The van der Waals surface area contributed by atoms with Crippen molar-refractivity contribution in [1.29, 1.82) is 0 Å².